The first-order valence-electron chi connectivity index (χ1n) is 5.52. The fourth-order valence-corrected chi connectivity index (χ4v) is 1.87. The van der Waals surface area contributed by atoms with Crippen molar-refractivity contribution in [3.05, 3.63) is 28.8 Å². The van der Waals surface area contributed by atoms with Crippen LogP contribution in [0, 0.1) is 13.8 Å². The van der Waals surface area contributed by atoms with Gasteiger partial charge in [0.1, 0.15) is 5.75 Å². The highest BCUT2D eigenvalue weighted by atomic mass is 16.5. The predicted molar refractivity (Wildman–Crippen MR) is 66.1 cm³/mol. The summed E-state index contributed by atoms with van der Waals surface area (Å²) >= 11 is 0. The quantitative estimate of drug-likeness (QED) is 0.749. The molecule has 0 aromatic heterocycles. The van der Waals surface area contributed by atoms with Crippen molar-refractivity contribution in [3.8, 4) is 5.75 Å². The van der Waals surface area contributed by atoms with Gasteiger partial charge in [0, 0.05) is 20.2 Å². The van der Waals surface area contributed by atoms with E-state index in [9.17, 15) is 0 Å². The largest absolute Gasteiger partial charge is 0.496 e. The number of hydrogen-bond donors (Lipinski definition) is 1. The zero-order valence-electron chi connectivity index (χ0n) is 10.6. The maximum absolute atomic E-state index is 5.33. The average Bonchev–Trinajstić information content (AvgIpc) is 2.24. The molecule has 0 saturated heterocycles. The molecule has 1 rings (SSSR count). The lowest BCUT2D eigenvalue weighted by Gasteiger charge is -2.11. The molecule has 3 heteroatoms. The Bertz CT molecular complexity index is 314. The molecule has 0 fully saturated rings. The maximum atomic E-state index is 5.33. The Hall–Kier alpha value is -1.06. The molecule has 0 bridgehead atoms. The fraction of sp³-hybridized carbons (Fsp3) is 0.538. The molecule has 16 heavy (non-hydrogen) atoms. The Morgan fingerprint density at radius 2 is 1.75 bits per heavy atom. The Kier molecular flexibility index (Phi) is 5.29. The Labute approximate surface area is 97.8 Å². The summed E-state index contributed by atoms with van der Waals surface area (Å²) in [6.45, 7) is 6.64. The van der Waals surface area contributed by atoms with E-state index in [4.69, 9.17) is 9.47 Å². The Morgan fingerprint density at radius 3 is 2.25 bits per heavy atom. The van der Waals surface area contributed by atoms with Crippen LogP contribution in [0.1, 0.15) is 16.7 Å². The van der Waals surface area contributed by atoms with Crippen LogP contribution in [-0.2, 0) is 11.3 Å². The lowest BCUT2D eigenvalue weighted by atomic mass is 10.1. The van der Waals surface area contributed by atoms with Gasteiger partial charge >= 0.3 is 0 Å². The SMILES string of the molecule is COCCNCc1cc(C)c(OC)c(C)c1. The summed E-state index contributed by atoms with van der Waals surface area (Å²) in [7, 11) is 3.43. The Balaban J connectivity index is 2.61. The third kappa shape index (κ3) is 3.51. The maximum Gasteiger partial charge on any atom is 0.124 e. The molecule has 0 saturated carbocycles. The first kappa shape index (κ1) is 13.0. The van der Waals surface area contributed by atoms with E-state index in [-0.39, 0.29) is 0 Å². The molecule has 0 spiro atoms. The van der Waals surface area contributed by atoms with Crippen molar-refractivity contribution >= 4 is 0 Å². The van der Waals surface area contributed by atoms with Gasteiger partial charge in [0.05, 0.1) is 13.7 Å². The number of benzene rings is 1. The number of rotatable bonds is 6. The van der Waals surface area contributed by atoms with Gasteiger partial charge in [0.15, 0.2) is 0 Å². The Morgan fingerprint density at radius 1 is 1.12 bits per heavy atom. The number of nitrogens with one attached hydrogen (secondary N) is 1. The summed E-state index contributed by atoms with van der Waals surface area (Å²) < 4.78 is 10.3. The van der Waals surface area contributed by atoms with Crippen LogP contribution < -0.4 is 10.1 Å². The standard InChI is InChI=1S/C13H21NO2/c1-10-7-12(9-14-5-6-15-3)8-11(2)13(10)16-4/h7-8,14H,5-6,9H2,1-4H3. The molecule has 0 unspecified atom stereocenters. The van der Waals surface area contributed by atoms with Crippen molar-refractivity contribution in [1.29, 1.82) is 0 Å². The monoisotopic (exact) mass is 223 g/mol. The molecule has 90 valence electrons. The van der Waals surface area contributed by atoms with Crippen molar-refractivity contribution in [2.75, 3.05) is 27.4 Å². The van der Waals surface area contributed by atoms with Crippen LogP contribution in [0.5, 0.6) is 5.75 Å². The van der Waals surface area contributed by atoms with Crippen molar-refractivity contribution < 1.29 is 9.47 Å². The van der Waals surface area contributed by atoms with Gasteiger partial charge in [0.2, 0.25) is 0 Å². The van der Waals surface area contributed by atoms with E-state index in [1.165, 1.54) is 16.7 Å². The van der Waals surface area contributed by atoms with Gasteiger partial charge in [-0.3, -0.25) is 0 Å². The minimum atomic E-state index is 0.744. The normalized spacial score (nSPS) is 10.5. The zero-order valence-corrected chi connectivity index (χ0v) is 10.6. The summed E-state index contributed by atoms with van der Waals surface area (Å²) in [6.07, 6.45) is 0. The van der Waals surface area contributed by atoms with Crippen LogP contribution >= 0.6 is 0 Å². The highest BCUT2D eigenvalue weighted by molar-refractivity contribution is 5.43. The first-order valence-corrected chi connectivity index (χ1v) is 5.52. The van der Waals surface area contributed by atoms with E-state index in [2.05, 4.69) is 31.3 Å². The molecule has 1 aromatic rings. The third-order valence-corrected chi connectivity index (χ3v) is 2.54. The second-order valence-electron chi connectivity index (χ2n) is 3.93. The van der Waals surface area contributed by atoms with Crippen molar-refractivity contribution in [1.82, 2.24) is 5.32 Å². The molecule has 0 amide bonds. The number of methoxy groups -OCH3 is 2. The average molecular weight is 223 g/mol. The predicted octanol–water partition coefficient (Wildman–Crippen LogP) is 2.05. The van der Waals surface area contributed by atoms with Gasteiger partial charge in [-0.1, -0.05) is 12.1 Å². The molecule has 1 N–H and O–H groups in total. The molecule has 0 aliphatic carbocycles. The first-order chi connectivity index (χ1) is 7.69. The highest BCUT2D eigenvalue weighted by Gasteiger charge is 2.04. The zero-order chi connectivity index (χ0) is 12.0. The second-order valence-corrected chi connectivity index (χ2v) is 3.93. The molecule has 1 aromatic carbocycles. The molecular weight excluding hydrogens is 202 g/mol. The number of ether oxygens (including phenoxy) is 2. The molecule has 0 heterocycles. The van der Waals surface area contributed by atoms with Crippen molar-refractivity contribution in [2.24, 2.45) is 0 Å². The van der Waals surface area contributed by atoms with E-state index in [0.29, 0.717) is 0 Å². The third-order valence-electron chi connectivity index (χ3n) is 2.54. The topological polar surface area (TPSA) is 30.5 Å². The van der Waals surface area contributed by atoms with Gasteiger partial charge in [-0.2, -0.15) is 0 Å². The summed E-state index contributed by atoms with van der Waals surface area (Å²) in [5.41, 5.74) is 3.66. The van der Waals surface area contributed by atoms with E-state index in [0.717, 1.165) is 25.4 Å². The minimum Gasteiger partial charge on any atom is -0.496 e. The fourth-order valence-electron chi connectivity index (χ4n) is 1.87. The van der Waals surface area contributed by atoms with Gasteiger partial charge in [-0.05, 0) is 30.5 Å². The molecular formula is C13H21NO2. The smallest absolute Gasteiger partial charge is 0.124 e. The highest BCUT2D eigenvalue weighted by Crippen LogP contribution is 2.24. The lowest BCUT2D eigenvalue weighted by molar-refractivity contribution is 0.199. The summed E-state index contributed by atoms with van der Waals surface area (Å²) in [4.78, 5) is 0. The van der Waals surface area contributed by atoms with Crippen molar-refractivity contribution in [3.63, 3.8) is 0 Å². The van der Waals surface area contributed by atoms with Crippen LogP contribution in [0.15, 0.2) is 12.1 Å². The number of hydrogen-bond acceptors (Lipinski definition) is 3. The van der Waals surface area contributed by atoms with E-state index >= 15 is 0 Å². The van der Waals surface area contributed by atoms with Gasteiger partial charge < -0.3 is 14.8 Å². The van der Waals surface area contributed by atoms with E-state index in [1.807, 2.05) is 0 Å². The molecule has 0 radical (unpaired) electrons. The van der Waals surface area contributed by atoms with Crippen LogP contribution in [0.25, 0.3) is 0 Å². The van der Waals surface area contributed by atoms with Crippen LogP contribution in [0.4, 0.5) is 0 Å². The minimum absolute atomic E-state index is 0.744. The van der Waals surface area contributed by atoms with Gasteiger partial charge in [-0.25, -0.2) is 0 Å². The summed E-state index contributed by atoms with van der Waals surface area (Å²) in [6, 6.07) is 4.32. The molecule has 0 aliphatic heterocycles. The number of aryl methyl sites for hydroxylation is 2. The van der Waals surface area contributed by atoms with E-state index in [1.54, 1.807) is 14.2 Å². The summed E-state index contributed by atoms with van der Waals surface area (Å²) in [5.74, 6) is 0.987. The van der Waals surface area contributed by atoms with Crippen LogP contribution in [-0.4, -0.2) is 27.4 Å². The molecule has 0 atom stereocenters. The van der Waals surface area contributed by atoms with Gasteiger partial charge in [-0.15, -0.1) is 0 Å². The van der Waals surface area contributed by atoms with Crippen LogP contribution in [0.3, 0.4) is 0 Å². The lowest BCUT2D eigenvalue weighted by Crippen LogP contribution is -2.18. The molecule has 0 aliphatic rings. The van der Waals surface area contributed by atoms with Gasteiger partial charge in [0.25, 0.3) is 0 Å². The molecule has 3 nitrogen and oxygen atoms in total. The van der Waals surface area contributed by atoms with E-state index < -0.39 is 0 Å². The van der Waals surface area contributed by atoms with Crippen molar-refractivity contribution in [2.45, 2.75) is 20.4 Å². The summed E-state index contributed by atoms with van der Waals surface area (Å²) in [5, 5.41) is 3.33. The second kappa shape index (κ2) is 6.51. The van der Waals surface area contributed by atoms with Crippen LogP contribution in [0.2, 0.25) is 0 Å².